The van der Waals surface area contributed by atoms with E-state index in [0.717, 1.165) is 23.9 Å². The minimum absolute atomic E-state index is 0.113. The molecule has 3 aromatic rings. The molecule has 2 heterocycles. The molecule has 7 heteroatoms. The van der Waals surface area contributed by atoms with Crippen molar-refractivity contribution in [2.24, 2.45) is 5.92 Å². The van der Waals surface area contributed by atoms with Crippen molar-refractivity contribution in [2.75, 3.05) is 10.6 Å². The van der Waals surface area contributed by atoms with Gasteiger partial charge in [-0.1, -0.05) is 26.0 Å². The molecule has 0 fully saturated rings. The molecule has 1 aliphatic rings. The van der Waals surface area contributed by atoms with E-state index in [0.29, 0.717) is 22.9 Å². The van der Waals surface area contributed by atoms with Crippen molar-refractivity contribution >= 4 is 40.0 Å². The first kappa shape index (κ1) is 21.6. The zero-order valence-electron chi connectivity index (χ0n) is 18.4. The van der Waals surface area contributed by atoms with Gasteiger partial charge in [0.25, 0.3) is 5.91 Å². The third-order valence-corrected chi connectivity index (χ3v) is 5.71. The molecule has 166 valence electrons. The molecule has 4 rings (SSSR count). The van der Waals surface area contributed by atoms with Crippen LogP contribution in [0.15, 0.2) is 54.7 Å². The second-order valence-electron chi connectivity index (χ2n) is 8.61. The maximum Gasteiger partial charge on any atom is 0.254 e. The molecule has 32 heavy (non-hydrogen) atoms. The van der Waals surface area contributed by atoms with E-state index in [-0.39, 0.29) is 30.6 Å². The van der Waals surface area contributed by atoms with Crippen LogP contribution in [-0.4, -0.2) is 28.3 Å². The summed E-state index contributed by atoms with van der Waals surface area (Å²) < 4.78 is 2.23. The molecular weight excluding hydrogens is 404 g/mol. The van der Waals surface area contributed by atoms with Crippen LogP contribution in [0, 0.1) is 5.92 Å². The Balaban J connectivity index is 1.35. The number of amides is 3. The largest absolute Gasteiger partial charge is 0.347 e. The van der Waals surface area contributed by atoms with Crippen molar-refractivity contribution in [3.05, 3.63) is 60.3 Å². The van der Waals surface area contributed by atoms with Crippen molar-refractivity contribution in [2.45, 2.75) is 45.7 Å². The van der Waals surface area contributed by atoms with Gasteiger partial charge in [-0.2, -0.15) is 0 Å². The number of nitrogens with one attached hydrogen (secondary N) is 3. The number of aryl methyl sites for hydroxylation is 1. The van der Waals surface area contributed by atoms with Gasteiger partial charge in [0.2, 0.25) is 11.8 Å². The van der Waals surface area contributed by atoms with Gasteiger partial charge in [-0.05, 0) is 55.2 Å². The highest BCUT2D eigenvalue weighted by Gasteiger charge is 2.27. The summed E-state index contributed by atoms with van der Waals surface area (Å²) in [6.07, 6.45) is 3.51. The number of carbonyl (C=O) groups is 3. The lowest BCUT2D eigenvalue weighted by atomic mass is 10.1. The normalized spacial score (nSPS) is 15.8. The molecule has 0 saturated carbocycles. The number of nitrogens with zero attached hydrogens (tertiary/aromatic N) is 1. The summed E-state index contributed by atoms with van der Waals surface area (Å²) >= 11 is 0. The lowest BCUT2D eigenvalue weighted by Gasteiger charge is -2.14. The summed E-state index contributed by atoms with van der Waals surface area (Å²) in [5.41, 5.74) is 2.75. The van der Waals surface area contributed by atoms with E-state index in [9.17, 15) is 14.4 Å². The molecule has 0 spiro atoms. The van der Waals surface area contributed by atoms with Crippen LogP contribution in [0.1, 0.15) is 43.5 Å². The van der Waals surface area contributed by atoms with E-state index in [1.807, 2.05) is 24.3 Å². The Morgan fingerprint density at radius 2 is 1.94 bits per heavy atom. The van der Waals surface area contributed by atoms with Crippen LogP contribution in [0.5, 0.6) is 0 Å². The summed E-state index contributed by atoms with van der Waals surface area (Å²) in [6.45, 7) is 5.39. The van der Waals surface area contributed by atoms with Gasteiger partial charge in [0, 0.05) is 35.8 Å². The summed E-state index contributed by atoms with van der Waals surface area (Å²) in [5, 5.41) is 9.45. The number of anilines is 2. The summed E-state index contributed by atoms with van der Waals surface area (Å²) in [5.74, 6) is -0.204. The van der Waals surface area contributed by atoms with Gasteiger partial charge in [-0.3, -0.25) is 14.4 Å². The molecule has 3 amide bonds. The van der Waals surface area contributed by atoms with Crippen LogP contribution in [0.3, 0.4) is 0 Å². The predicted molar refractivity (Wildman–Crippen MR) is 126 cm³/mol. The molecular formula is C25H28N4O3. The molecule has 0 aliphatic carbocycles. The number of fused-ring (bicyclic) bond motifs is 2. The lowest BCUT2D eigenvalue weighted by molar-refractivity contribution is -0.118. The monoisotopic (exact) mass is 432 g/mol. The quantitative estimate of drug-likeness (QED) is 0.524. The van der Waals surface area contributed by atoms with Crippen molar-refractivity contribution < 1.29 is 14.4 Å². The van der Waals surface area contributed by atoms with E-state index in [4.69, 9.17) is 0 Å². The number of carbonyl (C=O) groups excluding carboxylic acids is 3. The zero-order chi connectivity index (χ0) is 22.7. The number of hydrogen-bond acceptors (Lipinski definition) is 3. The van der Waals surface area contributed by atoms with Crippen LogP contribution in [0.2, 0.25) is 0 Å². The van der Waals surface area contributed by atoms with Crippen LogP contribution in [-0.2, 0) is 16.1 Å². The first-order valence-electron chi connectivity index (χ1n) is 11.0. The van der Waals surface area contributed by atoms with E-state index in [1.165, 1.54) is 0 Å². The van der Waals surface area contributed by atoms with Crippen molar-refractivity contribution in [3.63, 3.8) is 0 Å². The number of aromatic nitrogens is 1. The summed E-state index contributed by atoms with van der Waals surface area (Å²) in [4.78, 5) is 37.4. The Morgan fingerprint density at radius 1 is 1.12 bits per heavy atom. The Labute approximate surface area is 187 Å². The minimum atomic E-state index is -0.766. The van der Waals surface area contributed by atoms with Gasteiger partial charge < -0.3 is 20.5 Å². The van der Waals surface area contributed by atoms with Gasteiger partial charge in [0.1, 0.15) is 6.04 Å². The summed E-state index contributed by atoms with van der Waals surface area (Å²) in [7, 11) is 0. The zero-order valence-corrected chi connectivity index (χ0v) is 18.4. The third kappa shape index (κ3) is 4.82. The highest BCUT2D eigenvalue weighted by Crippen LogP contribution is 2.22. The average molecular weight is 433 g/mol. The fourth-order valence-corrected chi connectivity index (χ4v) is 3.88. The molecule has 0 bridgehead atoms. The standard InChI is InChI=1S/C25H28N4O3/c1-16(2)11-13-29-14-12-17-15-18(7-9-22(17)29)26-23(30)10-8-21-25(32)27-20-6-4-3-5-19(20)24(31)28-21/h3-7,9,12,14-16,21H,8,10-11,13H2,1-2H3,(H,26,30)(H,27,32)(H,28,31)/t21-/m1/s1. The molecule has 1 aliphatic heterocycles. The SMILES string of the molecule is CC(C)CCn1ccc2cc(NC(=O)CC[C@H]3NC(=O)c4ccccc4NC3=O)ccc21. The van der Waals surface area contributed by atoms with Gasteiger partial charge in [-0.25, -0.2) is 0 Å². The fraction of sp³-hybridized carbons (Fsp3) is 0.320. The van der Waals surface area contributed by atoms with Gasteiger partial charge in [-0.15, -0.1) is 0 Å². The van der Waals surface area contributed by atoms with Crippen molar-refractivity contribution in [1.82, 2.24) is 9.88 Å². The van der Waals surface area contributed by atoms with Gasteiger partial charge >= 0.3 is 0 Å². The van der Waals surface area contributed by atoms with Crippen LogP contribution in [0.4, 0.5) is 11.4 Å². The molecule has 2 aromatic carbocycles. The van der Waals surface area contributed by atoms with Crippen molar-refractivity contribution in [3.8, 4) is 0 Å². The topological polar surface area (TPSA) is 92.2 Å². The average Bonchev–Trinajstić information content (AvgIpc) is 3.12. The van der Waals surface area contributed by atoms with E-state index >= 15 is 0 Å². The van der Waals surface area contributed by atoms with E-state index in [2.05, 4.69) is 40.6 Å². The Bertz CT molecular complexity index is 1160. The van der Waals surface area contributed by atoms with Crippen LogP contribution in [0.25, 0.3) is 10.9 Å². The maximum absolute atomic E-state index is 12.5. The Hall–Kier alpha value is -3.61. The van der Waals surface area contributed by atoms with Gasteiger partial charge in [0.05, 0.1) is 11.3 Å². The second kappa shape index (κ2) is 9.26. The van der Waals surface area contributed by atoms with Crippen LogP contribution >= 0.6 is 0 Å². The van der Waals surface area contributed by atoms with E-state index in [1.54, 1.807) is 24.3 Å². The first-order valence-corrected chi connectivity index (χ1v) is 11.0. The Kier molecular flexibility index (Phi) is 6.25. The van der Waals surface area contributed by atoms with Gasteiger partial charge in [0.15, 0.2) is 0 Å². The van der Waals surface area contributed by atoms with E-state index < -0.39 is 6.04 Å². The molecule has 0 unspecified atom stereocenters. The number of para-hydroxylation sites is 1. The van der Waals surface area contributed by atoms with Crippen LogP contribution < -0.4 is 16.0 Å². The highest BCUT2D eigenvalue weighted by atomic mass is 16.2. The molecule has 0 saturated heterocycles. The highest BCUT2D eigenvalue weighted by molar-refractivity contribution is 6.10. The minimum Gasteiger partial charge on any atom is -0.347 e. The molecule has 0 radical (unpaired) electrons. The smallest absolute Gasteiger partial charge is 0.254 e. The predicted octanol–water partition coefficient (Wildman–Crippen LogP) is 4.16. The fourth-order valence-electron chi connectivity index (χ4n) is 3.88. The molecule has 3 N–H and O–H groups in total. The molecule has 1 aromatic heterocycles. The lowest BCUT2D eigenvalue weighted by Crippen LogP contribution is -2.41. The first-order chi connectivity index (χ1) is 15.4. The Morgan fingerprint density at radius 3 is 2.75 bits per heavy atom. The number of benzene rings is 2. The molecule has 1 atom stereocenters. The maximum atomic E-state index is 12.5. The summed E-state index contributed by atoms with van der Waals surface area (Å²) in [6, 6.07) is 14.0. The number of hydrogen-bond donors (Lipinski definition) is 3. The molecule has 7 nitrogen and oxygen atoms in total. The van der Waals surface area contributed by atoms with Crippen molar-refractivity contribution in [1.29, 1.82) is 0 Å². The number of rotatable bonds is 7. The second-order valence-corrected chi connectivity index (χ2v) is 8.61. The third-order valence-electron chi connectivity index (χ3n) is 5.71.